The van der Waals surface area contributed by atoms with Crippen molar-refractivity contribution in [2.24, 2.45) is 0 Å². The van der Waals surface area contributed by atoms with Crippen molar-refractivity contribution in [3.8, 4) is 0 Å². The van der Waals surface area contributed by atoms with Gasteiger partial charge in [-0.25, -0.2) is 0 Å². The number of likely N-dealkylation sites (tertiary alicyclic amines) is 1. The van der Waals surface area contributed by atoms with Crippen LogP contribution in [-0.2, 0) is 4.79 Å². The van der Waals surface area contributed by atoms with Crippen molar-refractivity contribution in [2.75, 3.05) is 7.05 Å². The third-order valence-electron chi connectivity index (χ3n) is 2.75. The monoisotopic (exact) mass is 253 g/mol. The summed E-state index contributed by atoms with van der Waals surface area (Å²) in [5.41, 5.74) is 1.22. The first-order valence-corrected chi connectivity index (χ1v) is 5.49. The molecule has 0 N–H and O–H groups in total. The molecule has 1 aliphatic heterocycles. The van der Waals surface area contributed by atoms with Gasteiger partial charge in [0.25, 0.3) is 0 Å². The fourth-order valence-electron chi connectivity index (χ4n) is 1.88. The summed E-state index contributed by atoms with van der Waals surface area (Å²) in [5.74, 6) is 0.248. The van der Waals surface area contributed by atoms with Crippen molar-refractivity contribution < 1.29 is 4.79 Å². The minimum absolute atomic E-state index is 0.248. The van der Waals surface area contributed by atoms with E-state index in [0.717, 1.165) is 10.9 Å². The number of hydrogen-bond acceptors (Lipinski definition) is 1. The lowest BCUT2D eigenvalue weighted by Crippen LogP contribution is -2.22. The molecule has 1 aromatic carbocycles. The molecule has 0 saturated carbocycles. The van der Waals surface area contributed by atoms with Gasteiger partial charge in [0.1, 0.15) is 0 Å². The van der Waals surface area contributed by atoms with Gasteiger partial charge in [0.2, 0.25) is 5.91 Å². The highest BCUT2D eigenvalue weighted by Gasteiger charge is 2.28. The molecule has 0 bridgehead atoms. The highest BCUT2D eigenvalue weighted by molar-refractivity contribution is 9.10. The third kappa shape index (κ3) is 1.69. The molecular weight excluding hydrogens is 242 g/mol. The Morgan fingerprint density at radius 3 is 2.50 bits per heavy atom. The van der Waals surface area contributed by atoms with E-state index in [-0.39, 0.29) is 11.9 Å². The topological polar surface area (TPSA) is 20.3 Å². The number of amides is 1. The zero-order valence-corrected chi connectivity index (χ0v) is 9.62. The fourth-order valence-corrected chi connectivity index (χ4v) is 2.14. The van der Waals surface area contributed by atoms with Crippen LogP contribution in [0.5, 0.6) is 0 Å². The Hall–Kier alpha value is -0.830. The maximum Gasteiger partial charge on any atom is 0.222 e. The SMILES string of the molecule is CN1C(=O)CC[C@@H]1c1ccc(Br)cc1. The Kier molecular flexibility index (Phi) is 2.59. The van der Waals surface area contributed by atoms with Crippen LogP contribution in [0.3, 0.4) is 0 Å². The van der Waals surface area contributed by atoms with E-state index >= 15 is 0 Å². The van der Waals surface area contributed by atoms with Gasteiger partial charge in [0.15, 0.2) is 0 Å². The lowest BCUT2D eigenvalue weighted by atomic mass is 10.1. The number of carbonyl (C=O) groups is 1. The first-order valence-electron chi connectivity index (χ1n) is 4.69. The van der Waals surface area contributed by atoms with Crippen molar-refractivity contribution in [3.63, 3.8) is 0 Å². The molecule has 2 rings (SSSR count). The second-order valence-electron chi connectivity index (χ2n) is 3.61. The largest absolute Gasteiger partial charge is 0.339 e. The van der Waals surface area contributed by atoms with Crippen molar-refractivity contribution in [3.05, 3.63) is 34.3 Å². The lowest BCUT2D eigenvalue weighted by Gasteiger charge is -2.20. The molecule has 1 aliphatic rings. The smallest absolute Gasteiger partial charge is 0.222 e. The van der Waals surface area contributed by atoms with Gasteiger partial charge in [0, 0.05) is 17.9 Å². The van der Waals surface area contributed by atoms with Gasteiger partial charge in [0.05, 0.1) is 6.04 Å². The summed E-state index contributed by atoms with van der Waals surface area (Å²) in [6.07, 6.45) is 1.62. The zero-order valence-electron chi connectivity index (χ0n) is 8.03. The summed E-state index contributed by atoms with van der Waals surface area (Å²) in [7, 11) is 1.88. The highest BCUT2D eigenvalue weighted by atomic mass is 79.9. The zero-order chi connectivity index (χ0) is 10.1. The molecular formula is C11H12BrNO. The fraction of sp³-hybridized carbons (Fsp3) is 0.364. The molecule has 1 heterocycles. The molecule has 1 aromatic rings. The Labute approximate surface area is 92.0 Å². The van der Waals surface area contributed by atoms with Crippen molar-refractivity contribution >= 4 is 21.8 Å². The van der Waals surface area contributed by atoms with Crippen LogP contribution in [0, 0.1) is 0 Å². The van der Waals surface area contributed by atoms with Gasteiger partial charge in [-0.3, -0.25) is 4.79 Å². The molecule has 0 aromatic heterocycles. The normalized spacial score (nSPS) is 21.7. The number of carbonyl (C=O) groups excluding carboxylic acids is 1. The maximum atomic E-state index is 11.3. The summed E-state index contributed by atoms with van der Waals surface area (Å²) >= 11 is 3.40. The van der Waals surface area contributed by atoms with Gasteiger partial charge >= 0.3 is 0 Å². The molecule has 1 atom stereocenters. The number of nitrogens with zero attached hydrogens (tertiary/aromatic N) is 1. The van der Waals surface area contributed by atoms with Crippen LogP contribution in [0.15, 0.2) is 28.7 Å². The van der Waals surface area contributed by atoms with Gasteiger partial charge in [-0.05, 0) is 24.1 Å². The summed E-state index contributed by atoms with van der Waals surface area (Å²) in [5, 5.41) is 0. The van der Waals surface area contributed by atoms with Crippen LogP contribution in [0.1, 0.15) is 24.4 Å². The number of hydrogen-bond donors (Lipinski definition) is 0. The van der Waals surface area contributed by atoms with Crippen LogP contribution in [0.2, 0.25) is 0 Å². The van der Waals surface area contributed by atoms with E-state index < -0.39 is 0 Å². The molecule has 0 spiro atoms. The molecule has 0 aliphatic carbocycles. The summed E-state index contributed by atoms with van der Waals surface area (Å²) < 4.78 is 1.08. The molecule has 1 fully saturated rings. The van der Waals surface area contributed by atoms with E-state index in [9.17, 15) is 4.79 Å². The molecule has 74 valence electrons. The molecule has 0 radical (unpaired) electrons. The first-order chi connectivity index (χ1) is 6.68. The summed E-state index contributed by atoms with van der Waals surface area (Å²) in [6.45, 7) is 0. The van der Waals surface area contributed by atoms with E-state index in [4.69, 9.17) is 0 Å². The Bertz CT molecular complexity index is 347. The Balaban J connectivity index is 2.23. The van der Waals surface area contributed by atoms with Crippen LogP contribution in [0.4, 0.5) is 0 Å². The molecule has 3 heteroatoms. The second-order valence-corrected chi connectivity index (χ2v) is 4.53. The van der Waals surface area contributed by atoms with Gasteiger partial charge in [-0.1, -0.05) is 28.1 Å². The van der Waals surface area contributed by atoms with Gasteiger partial charge in [-0.2, -0.15) is 0 Å². The van der Waals surface area contributed by atoms with E-state index in [0.29, 0.717) is 6.42 Å². The third-order valence-corrected chi connectivity index (χ3v) is 3.28. The van der Waals surface area contributed by atoms with Crippen molar-refractivity contribution in [2.45, 2.75) is 18.9 Å². The molecule has 14 heavy (non-hydrogen) atoms. The Morgan fingerprint density at radius 2 is 2.00 bits per heavy atom. The van der Waals surface area contributed by atoms with Crippen molar-refractivity contribution in [1.29, 1.82) is 0 Å². The minimum Gasteiger partial charge on any atom is -0.339 e. The lowest BCUT2D eigenvalue weighted by molar-refractivity contribution is -0.127. The van der Waals surface area contributed by atoms with E-state index in [2.05, 4.69) is 28.1 Å². The van der Waals surface area contributed by atoms with Crippen LogP contribution < -0.4 is 0 Å². The van der Waals surface area contributed by atoms with Crippen LogP contribution in [-0.4, -0.2) is 17.9 Å². The summed E-state index contributed by atoms with van der Waals surface area (Å²) in [6, 6.07) is 8.46. The first kappa shape index (κ1) is 9.71. The van der Waals surface area contributed by atoms with Gasteiger partial charge in [-0.15, -0.1) is 0 Å². The Morgan fingerprint density at radius 1 is 1.36 bits per heavy atom. The highest BCUT2D eigenvalue weighted by Crippen LogP contribution is 2.31. The average molecular weight is 254 g/mol. The van der Waals surface area contributed by atoms with E-state index in [1.165, 1.54) is 5.56 Å². The van der Waals surface area contributed by atoms with Crippen molar-refractivity contribution in [1.82, 2.24) is 4.90 Å². The van der Waals surface area contributed by atoms with E-state index in [1.54, 1.807) is 0 Å². The molecule has 2 nitrogen and oxygen atoms in total. The number of benzene rings is 1. The quantitative estimate of drug-likeness (QED) is 0.754. The summed E-state index contributed by atoms with van der Waals surface area (Å²) in [4.78, 5) is 13.2. The van der Waals surface area contributed by atoms with Gasteiger partial charge < -0.3 is 4.90 Å². The molecule has 1 amide bonds. The standard InChI is InChI=1S/C11H12BrNO/c1-13-10(6-7-11(13)14)8-2-4-9(12)5-3-8/h2-5,10H,6-7H2,1H3/t10-/m1/s1. The second kappa shape index (κ2) is 3.73. The number of rotatable bonds is 1. The minimum atomic E-state index is 0.248. The van der Waals surface area contributed by atoms with Crippen LogP contribution >= 0.6 is 15.9 Å². The maximum absolute atomic E-state index is 11.3. The van der Waals surface area contributed by atoms with E-state index in [1.807, 2.05) is 24.1 Å². The molecule has 0 unspecified atom stereocenters. The predicted molar refractivity (Wildman–Crippen MR) is 58.9 cm³/mol. The van der Waals surface area contributed by atoms with Crippen LogP contribution in [0.25, 0.3) is 0 Å². The predicted octanol–water partition coefficient (Wildman–Crippen LogP) is 2.74. The average Bonchev–Trinajstić information content (AvgIpc) is 2.50. The molecule has 1 saturated heterocycles. The number of halogens is 1.